The summed E-state index contributed by atoms with van der Waals surface area (Å²) in [6.45, 7) is 2.03. The number of halogens is 2. The second-order valence-corrected chi connectivity index (χ2v) is 5.66. The SMILES string of the molecule is COc1cccc(Oc2ncccc2CNC(=O)C2CCNC2)c1.Cl.Cl. The second kappa shape index (κ2) is 10.9. The third-order valence-corrected chi connectivity index (χ3v) is 3.99. The number of ether oxygens (including phenoxy) is 2. The van der Waals surface area contributed by atoms with Crippen molar-refractivity contribution in [2.45, 2.75) is 13.0 Å². The Balaban J connectivity index is 0.00000169. The highest BCUT2D eigenvalue weighted by Crippen LogP contribution is 2.26. The summed E-state index contributed by atoms with van der Waals surface area (Å²) in [5, 5.41) is 6.16. The number of benzene rings is 1. The van der Waals surface area contributed by atoms with E-state index in [1.165, 1.54) is 0 Å². The number of hydrogen-bond donors (Lipinski definition) is 2. The molecule has 0 spiro atoms. The first-order valence-electron chi connectivity index (χ1n) is 8.00. The molecule has 1 aliphatic rings. The molecule has 142 valence electrons. The maximum absolute atomic E-state index is 12.1. The van der Waals surface area contributed by atoms with Crippen LogP contribution in [0.2, 0.25) is 0 Å². The molecule has 1 atom stereocenters. The van der Waals surface area contributed by atoms with Gasteiger partial charge in [0, 0.05) is 30.9 Å². The molecule has 1 aromatic heterocycles. The van der Waals surface area contributed by atoms with Gasteiger partial charge in [0.25, 0.3) is 0 Å². The number of methoxy groups -OCH3 is 1. The van der Waals surface area contributed by atoms with Crippen LogP contribution in [0.25, 0.3) is 0 Å². The third-order valence-electron chi connectivity index (χ3n) is 3.99. The molecule has 8 heteroatoms. The smallest absolute Gasteiger partial charge is 0.224 e. The Morgan fingerprint density at radius 3 is 2.81 bits per heavy atom. The Bertz CT molecular complexity index is 710. The average molecular weight is 400 g/mol. The Labute approximate surface area is 165 Å². The van der Waals surface area contributed by atoms with E-state index in [9.17, 15) is 4.79 Å². The predicted octanol–water partition coefficient (Wildman–Crippen LogP) is 2.95. The highest BCUT2D eigenvalue weighted by Gasteiger charge is 2.22. The predicted molar refractivity (Wildman–Crippen MR) is 105 cm³/mol. The maximum atomic E-state index is 12.1. The molecule has 0 aliphatic carbocycles. The zero-order chi connectivity index (χ0) is 16.8. The number of aromatic nitrogens is 1. The zero-order valence-corrected chi connectivity index (χ0v) is 16.1. The van der Waals surface area contributed by atoms with E-state index in [1.54, 1.807) is 19.4 Å². The minimum absolute atomic E-state index is 0. The first-order chi connectivity index (χ1) is 11.8. The molecule has 2 aromatic rings. The second-order valence-electron chi connectivity index (χ2n) is 5.66. The van der Waals surface area contributed by atoms with Crippen LogP contribution in [0.1, 0.15) is 12.0 Å². The highest BCUT2D eigenvalue weighted by atomic mass is 35.5. The lowest BCUT2D eigenvalue weighted by atomic mass is 10.1. The van der Waals surface area contributed by atoms with Crippen LogP contribution in [-0.4, -0.2) is 31.1 Å². The van der Waals surface area contributed by atoms with Crippen molar-refractivity contribution < 1.29 is 14.3 Å². The van der Waals surface area contributed by atoms with Gasteiger partial charge in [-0.25, -0.2) is 4.98 Å². The molecule has 26 heavy (non-hydrogen) atoms. The van der Waals surface area contributed by atoms with Crippen molar-refractivity contribution in [3.63, 3.8) is 0 Å². The van der Waals surface area contributed by atoms with Gasteiger partial charge in [0.05, 0.1) is 13.0 Å². The van der Waals surface area contributed by atoms with E-state index in [0.717, 1.165) is 25.1 Å². The van der Waals surface area contributed by atoms with Crippen molar-refractivity contribution in [3.8, 4) is 17.4 Å². The molecule has 2 heterocycles. The van der Waals surface area contributed by atoms with Crippen LogP contribution in [0.4, 0.5) is 0 Å². The summed E-state index contributed by atoms with van der Waals surface area (Å²) in [5.41, 5.74) is 0.833. The van der Waals surface area contributed by atoms with E-state index >= 15 is 0 Å². The molecule has 1 amide bonds. The minimum Gasteiger partial charge on any atom is -0.497 e. The van der Waals surface area contributed by atoms with Gasteiger partial charge in [0.1, 0.15) is 11.5 Å². The van der Waals surface area contributed by atoms with E-state index in [-0.39, 0.29) is 36.6 Å². The molecule has 0 radical (unpaired) electrons. The topological polar surface area (TPSA) is 72.5 Å². The molecular formula is C18H23Cl2N3O3. The molecule has 2 N–H and O–H groups in total. The first kappa shape index (κ1) is 22.0. The van der Waals surface area contributed by atoms with Crippen LogP contribution in [0.5, 0.6) is 17.4 Å². The number of hydrogen-bond acceptors (Lipinski definition) is 5. The van der Waals surface area contributed by atoms with Crippen molar-refractivity contribution in [3.05, 3.63) is 48.2 Å². The number of nitrogens with zero attached hydrogens (tertiary/aromatic N) is 1. The van der Waals surface area contributed by atoms with Crippen LogP contribution in [0.15, 0.2) is 42.6 Å². The molecule has 1 fully saturated rings. The van der Waals surface area contributed by atoms with Gasteiger partial charge in [0.15, 0.2) is 0 Å². The lowest BCUT2D eigenvalue weighted by molar-refractivity contribution is -0.124. The Morgan fingerprint density at radius 2 is 2.08 bits per heavy atom. The van der Waals surface area contributed by atoms with Crippen molar-refractivity contribution in [2.75, 3.05) is 20.2 Å². The van der Waals surface area contributed by atoms with Crippen molar-refractivity contribution in [1.82, 2.24) is 15.6 Å². The summed E-state index contributed by atoms with van der Waals surface area (Å²) >= 11 is 0. The number of pyridine rings is 1. The fourth-order valence-electron chi connectivity index (χ4n) is 2.63. The monoisotopic (exact) mass is 399 g/mol. The average Bonchev–Trinajstić information content (AvgIpc) is 3.16. The summed E-state index contributed by atoms with van der Waals surface area (Å²) in [6.07, 6.45) is 2.55. The highest BCUT2D eigenvalue weighted by molar-refractivity contribution is 5.85. The van der Waals surface area contributed by atoms with Gasteiger partial charge in [-0.1, -0.05) is 12.1 Å². The molecule has 1 unspecified atom stereocenters. The molecule has 1 saturated heterocycles. The lowest BCUT2D eigenvalue weighted by Gasteiger charge is -2.13. The standard InChI is InChI=1S/C18H21N3O3.2ClH/c1-23-15-5-2-6-16(10-15)24-18-14(4-3-8-20-18)12-21-17(22)13-7-9-19-11-13;;/h2-6,8,10,13,19H,7,9,11-12H2,1H3,(H,21,22);2*1H. The normalized spacial score (nSPS) is 15.3. The van der Waals surface area contributed by atoms with Crippen molar-refractivity contribution >= 4 is 30.7 Å². The van der Waals surface area contributed by atoms with Crippen LogP contribution >= 0.6 is 24.8 Å². The van der Waals surface area contributed by atoms with Gasteiger partial charge in [-0.05, 0) is 31.2 Å². The number of rotatable bonds is 6. The van der Waals surface area contributed by atoms with Gasteiger partial charge < -0.3 is 20.1 Å². The third kappa shape index (κ3) is 5.76. The Morgan fingerprint density at radius 1 is 1.27 bits per heavy atom. The van der Waals surface area contributed by atoms with E-state index in [2.05, 4.69) is 15.6 Å². The number of nitrogens with one attached hydrogen (secondary N) is 2. The largest absolute Gasteiger partial charge is 0.497 e. The molecule has 0 bridgehead atoms. The van der Waals surface area contributed by atoms with Crippen molar-refractivity contribution in [2.24, 2.45) is 5.92 Å². The summed E-state index contributed by atoms with van der Waals surface area (Å²) in [5.74, 6) is 1.95. The fourth-order valence-corrected chi connectivity index (χ4v) is 2.63. The van der Waals surface area contributed by atoms with Gasteiger partial charge in [-0.3, -0.25) is 4.79 Å². The summed E-state index contributed by atoms with van der Waals surface area (Å²) < 4.78 is 11.1. The number of carbonyl (C=O) groups is 1. The number of amides is 1. The summed E-state index contributed by atoms with van der Waals surface area (Å²) in [4.78, 5) is 16.4. The fraction of sp³-hybridized carbons (Fsp3) is 0.333. The van der Waals surface area contributed by atoms with Gasteiger partial charge >= 0.3 is 0 Å². The molecular weight excluding hydrogens is 377 g/mol. The lowest BCUT2D eigenvalue weighted by Crippen LogP contribution is -2.31. The molecule has 1 aliphatic heterocycles. The first-order valence-corrected chi connectivity index (χ1v) is 8.00. The Kier molecular flexibility index (Phi) is 9.19. The van der Waals surface area contributed by atoms with E-state index in [0.29, 0.717) is 23.9 Å². The molecule has 1 aromatic carbocycles. The number of carbonyl (C=O) groups excluding carboxylic acids is 1. The Hall–Kier alpha value is -2.02. The molecule has 0 saturated carbocycles. The van der Waals surface area contributed by atoms with Gasteiger partial charge in [-0.2, -0.15) is 0 Å². The van der Waals surface area contributed by atoms with Crippen LogP contribution in [0, 0.1) is 5.92 Å². The van der Waals surface area contributed by atoms with Crippen LogP contribution in [-0.2, 0) is 11.3 Å². The zero-order valence-electron chi connectivity index (χ0n) is 14.4. The quantitative estimate of drug-likeness (QED) is 0.780. The van der Waals surface area contributed by atoms with Crippen LogP contribution < -0.4 is 20.1 Å². The molecule has 6 nitrogen and oxygen atoms in total. The van der Waals surface area contributed by atoms with E-state index in [1.807, 2.05) is 30.3 Å². The van der Waals surface area contributed by atoms with Gasteiger partial charge in [-0.15, -0.1) is 24.8 Å². The minimum atomic E-state index is 0. The summed E-state index contributed by atoms with van der Waals surface area (Å²) in [6, 6.07) is 11.1. The van der Waals surface area contributed by atoms with Crippen LogP contribution in [0.3, 0.4) is 0 Å². The van der Waals surface area contributed by atoms with E-state index < -0.39 is 0 Å². The van der Waals surface area contributed by atoms with E-state index in [4.69, 9.17) is 9.47 Å². The summed E-state index contributed by atoms with van der Waals surface area (Å²) in [7, 11) is 1.61. The van der Waals surface area contributed by atoms with Crippen molar-refractivity contribution in [1.29, 1.82) is 0 Å². The van der Waals surface area contributed by atoms with Gasteiger partial charge in [0.2, 0.25) is 11.8 Å². The maximum Gasteiger partial charge on any atom is 0.224 e. The molecule has 3 rings (SSSR count).